The second-order valence-electron chi connectivity index (χ2n) is 8.02. The van der Waals surface area contributed by atoms with Gasteiger partial charge in [0.1, 0.15) is 5.82 Å². The number of nitrogens with two attached hydrogens (primary N) is 2. The highest BCUT2D eigenvalue weighted by atomic mass is 35.5. The molecule has 4 rings (SSSR count). The number of nitrogens with zero attached hydrogens (tertiary/aromatic N) is 2. The summed E-state index contributed by atoms with van der Waals surface area (Å²) in [5.41, 5.74) is 11.3. The lowest BCUT2D eigenvalue weighted by molar-refractivity contribution is -0.143. The number of rotatable bonds is 6. The maximum atomic E-state index is 15.1. The molecule has 1 aliphatic heterocycles. The van der Waals surface area contributed by atoms with Gasteiger partial charge in [0.2, 0.25) is 0 Å². The molecule has 174 valence electrons. The summed E-state index contributed by atoms with van der Waals surface area (Å²) in [6.45, 7) is 2.65. The number of ketones is 1. The molecule has 8 nitrogen and oxygen atoms in total. The van der Waals surface area contributed by atoms with E-state index in [0.29, 0.717) is 25.0 Å². The maximum Gasteiger partial charge on any atom is 0.331 e. The molecule has 32 heavy (non-hydrogen) atoms. The van der Waals surface area contributed by atoms with Crippen LogP contribution in [0.2, 0.25) is 5.02 Å². The number of carbonyl (C=O) groups excluding carboxylic acids is 2. The SMILES string of the molecule is CCOC(=O)C(N)C(=O)c1cn(C2CC2)c2c(Cl)c(N3CCC(N)C3)c(F)cc2c1=O.Cl. The molecule has 2 aliphatic rings. The van der Waals surface area contributed by atoms with E-state index >= 15 is 4.39 Å². The van der Waals surface area contributed by atoms with E-state index in [1.54, 1.807) is 16.4 Å². The van der Waals surface area contributed by atoms with E-state index in [4.69, 9.17) is 27.8 Å². The summed E-state index contributed by atoms with van der Waals surface area (Å²) in [5.74, 6) is -2.45. The van der Waals surface area contributed by atoms with Crippen molar-refractivity contribution in [3.63, 3.8) is 0 Å². The van der Waals surface area contributed by atoms with Gasteiger partial charge < -0.3 is 25.7 Å². The van der Waals surface area contributed by atoms with Crippen LogP contribution < -0.4 is 21.8 Å². The molecule has 1 aromatic carbocycles. The third-order valence-corrected chi connectivity index (χ3v) is 6.11. The van der Waals surface area contributed by atoms with Gasteiger partial charge in [-0.1, -0.05) is 11.6 Å². The van der Waals surface area contributed by atoms with Gasteiger partial charge in [0, 0.05) is 31.4 Å². The van der Waals surface area contributed by atoms with Crippen LogP contribution in [0.5, 0.6) is 0 Å². The van der Waals surface area contributed by atoms with Crippen LogP contribution in [0.3, 0.4) is 0 Å². The lowest BCUT2D eigenvalue weighted by Gasteiger charge is -2.23. The number of halogens is 3. The Bertz CT molecular complexity index is 1140. The molecule has 2 atom stereocenters. The Morgan fingerprint density at radius 1 is 1.34 bits per heavy atom. The average molecular weight is 487 g/mol. The number of anilines is 1. The fraction of sp³-hybridized carbons (Fsp3) is 0.476. The number of hydrogen-bond acceptors (Lipinski definition) is 7. The van der Waals surface area contributed by atoms with E-state index in [9.17, 15) is 14.4 Å². The zero-order valence-corrected chi connectivity index (χ0v) is 19.0. The van der Waals surface area contributed by atoms with Crippen LogP contribution in [-0.4, -0.2) is 48.1 Å². The predicted octanol–water partition coefficient (Wildman–Crippen LogP) is 2.16. The topological polar surface area (TPSA) is 121 Å². The van der Waals surface area contributed by atoms with Crippen LogP contribution in [0, 0.1) is 5.82 Å². The molecule has 0 radical (unpaired) electrons. The van der Waals surface area contributed by atoms with Crippen molar-refractivity contribution in [3.05, 3.63) is 38.9 Å². The van der Waals surface area contributed by atoms with Crippen LogP contribution in [-0.2, 0) is 9.53 Å². The highest BCUT2D eigenvalue weighted by Crippen LogP contribution is 2.42. The Hall–Kier alpha value is -2.20. The summed E-state index contributed by atoms with van der Waals surface area (Å²) in [5, 5.41) is 0.0883. The van der Waals surface area contributed by atoms with E-state index in [2.05, 4.69) is 0 Å². The molecule has 2 aromatic rings. The van der Waals surface area contributed by atoms with Gasteiger partial charge in [-0.05, 0) is 32.3 Å². The Morgan fingerprint density at radius 2 is 2.03 bits per heavy atom. The number of hydrogen-bond donors (Lipinski definition) is 2. The molecule has 1 aromatic heterocycles. The average Bonchev–Trinajstić information content (AvgIpc) is 3.49. The number of carbonyl (C=O) groups is 2. The number of Topliss-reactive ketones (excluding diaryl/α,β-unsaturated/α-hetero) is 1. The number of benzene rings is 1. The van der Waals surface area contributed by atoms with Crippen LogP contribution in [0.4, 0.5) is 10.1 Å². The molecular weight excluding hydrogens is 462 g/mol. The van der Waals surface area contributed by atoms with Crippen molar-refractivity contribution in [2.24, 2.45) is 11.5 Å². The van der Waals surface area contributed by atoms with Crippen molar-refractivity contribution < 1.29 is 18.7 Å². The van der Waals surface area contributed by atoms with Crippen LogP contribution in [0.1, 0.15) is 42.6 Å². The fourth-order valence-electron chi connectivity index (χ4n) is 4.03. The molecule has 1 aliphatic carbocycles. The summed E-state index contributed by atoms with van der Waals surface area (Å²) in [6.07, 6.45) is 3.75. The van der Waals surface area contributed by atoms with Gasteiger partial charge in [-0.15, -0.1) is 12.4 Å². The molecule has 11 heteroatoms. The van der Waals surface area contributed by atoms with Crippen molar-refractivity contribution in [3.8, 4) is 0 Å². The lowest BCUT2D eigenvalue weighted by atomic mass is 10.0. The number of esters is 1. The molecule has 1 saturated heterocycles. The highest BCUT2D eigenvalue weighted by molar-refractivity contribution is 6.38. The van der Waals surface area contributed by atoms with Crippen molar-refractivity contribution in [2.45, 2.75) is 44.3 Å². The van der Waals surface area contributed by atoms with Crippen molar-refractivity contribution in [1.82, 2.24) is 4.57 Å². The Kier molecular flexibility index (Phi) is 7.14. The number of aromatic nitrogens is 1. The largest absolute Gasteiger partial charge is 0.464 e. The van der Waals surface area contributed by atoms with E-state index in [0.717, 1.165) is 18.9 Å². The van der Waals surface area contributed by atoms with Crippen molar-refractivity contribution >= 4 is 52.4 Å². The molecule has 4 N–H and O–H groups in total. The van der Waals surface area contributed by atoms with E-state index in [-0.39, 0.29) is 52.8 Å². The van der Waals surface area contributed by atoms with Gasteiger partial charge in [-0.2, -0.15) is 0 Å². The number of ether oxygens (including phenoxy) is 1. The normalized spacial score (nSPS) is 19.0. The highest BCUT2D eigenvalue weighted by Gasteiger charge is 2.33. The maximum absolute atomic E-state index is 15.1. The first-order valence-electron chi connectivity index (χ1n) is 10.3. The van der Waals surface area contributed by atoms with Gasteiger partial charge >= 0.3 is 5.97 Å². The second kappa shape index (κ2) is 9.35. The molecule has 0 amide bonds. The van der Waals surface area contributed by atoms with Gasteiger partial charge in [-0.25, -0.2) is 9.18 Å². The summed E-state index contributed by atoms with van der Waals surface area (Å²) in [7, 11) is 0. The van der Waals surface area contributed by atoms with Gasteiger partial charge in [0.25, 0.3) is 0 Å². The van der Waals surface area contributed by atoms with Crippen molar-refractivity contribution in [2.75, 3.05) is 24.6 Å². The number of pyridine rings is 1. The van der Waals surface area contributed by atoms with Crippen LogP contribution >= 0.6 is 24.0 Å². The first kappa shape index (κ1) is 24.4. The molecule has 0 bridgehead atoms. The number of fused-ring (bicyclic) bond motifs is 1. The molecule has 2 unspecified atom stereocenters. The zero-order valence-electron chi connectivity index (χ0n) is 17.5. The van der Waals surface area contributed by atoms with Crippen molar-refractivity contribution in [1.29, 1.82) is 0 Å². The summed E-state index contributed by atoms with van der Waals surface area (Å²) in [4.78, 5) is 39.6. The Morgan fingerprint density at radius 3 is 2.59 bits per heavy atom. The van der Waals surface area contributed by atoms with Crippen LogP contribution in [0.25, 0.3) is 10.9 Å². The molecule has 0 spiro atoms. The summed E-state index contributed by atoms with van der Waals surface area (Å²) < 4.78 is 21.6. The summed E-state index contributed by atoms with van der Waals surface area (Å²) in [6, 6.07) is -0.594. The quantitative estimate of drug-likeness (QED) is 0.364. The smallest absolute Gasteiger partial charge is 0.331 e. The first-order chi connectivity index (χ1) is 14.7. The molecule has 2 fully saturated rings. The predicted molar refractivity (Wildman–Crippen MR) is 122 cm³/mol. The second-order valence-corrected chi connectivity index (χ2v) is 8.39. The van der Waals surface area contributed by atoms with Gasteiger partial charge in [-0.3, -0.25) is 9.59 Å². The van der Waals surface area contributed by atoms with E-state index < -0.39 is 29.0 Å². The minimum Gasteiger partial charge on any atom is -0.464 e. The van der Waals surface area contributed by atoms with Gasteiger partial charge in [0.05, 0.1) is 33.8 Å². The molecule has 2 heterocycles. The van der Waals surface area contributed by atoms with Gasteiger partial charge in [0.15, 0.2) is 17.3 Å². The summed E-state index contributed by atoms with van der Waals surface area (Å²) >= 11 is 6.64. The third-order valence-electron chi connectivity index (χ3n) is 5.75. The standard InChI is InChI=1S/C21H24ClFN4O4.ClH/c1-2-31-21(30)16(25)20(29)13-9-27(11-3-4-11)17-12(19(13)28)7-14(23)18(15(17)22)26-6-5-10(24)8-26;/h7,9-11,16H,2-6,8,24-25H2,1H3;1H. The third kappa shape index (κ3) is 4.22. The van der Waals surface area contributed by atoms with Crippen LogP contribution in [0.15, 0.2) is 17.1 Å². The lowest BCUT2D eigenvalue weighted by Crippen LogP contribution is -2.42. The van der Waals surface area contributed by atoms with E-state index in [1.807, 2.05) is 0 Å². The first-order valence-corrected chi connectivity index (χ1v) is 10.7. The zero-order chi connectivity index (χ0) is 22.4. The molecule has 1 saturated carbocycles. The monoisotopic (exact) mass is 486 g/mol. The fourth-order valence-corrected chi connectivity index (χ4v) is 4.44. The Balaban J connectivity index is 0.00000289. The Labute approximate surface area is 195 Å². The minimum absolute atomic E-state index is 0. The minimum atomic E-state index is -1.64. The van der Waals surface area contributed by atoms with E-state index in [1.165, 1.54) is 6.20 Å². The molecular formula is C21H25Cl2FN4O4.